The Morgan fingerprint density at radius 3 is 2.30 bits per heavy atom. The molecule has 1 aromatic heterocycles. The maximum absolute atomic E-state index is 10.7. The van der Waals surface area contributed by atoms with E-state index in [1.54, 1.807) is 12.1 Å². The SMILES string of the molecule is O=[N+]([O-])c1ccc(/C=N/C23CN4CN(CN(C4)C2)C3)s1. The fraction of sp³-hybridized carbons (Fsp3) is 0.583. The van der Waals surface area contributed by atoms with Gasteiger partial charge in [-0.05, 0) is 6.07 Å². The number of hydrogen-bond donors (Lipinski definition) is 0. The van der Waals surface area contributed by atoms with Gasteiger partial charge in [0.15, 0.2) is 0 Å². The zero-order valence-electron chi connectivity index (χ0n) is 10.9. The van der Waals surface area contributed by atoms with Gasteiger partial charge in [0.2, 0.25) is 0 Å². The summed E-state index contributed by atoms with van der Waals surface area (Å²) in [7, 11) is 0. The Balaban J connectivity index is 1.55. The fourth-order valence-electron chi connectivity index (χ4n) is 3.51. The van der Waals surface area contributed by atoms with E-state index in [9.17, 15) is 10.1 Å². The van der Waals surface area contributed by atoms with Gasteiger partial charge in [-0.1, -0.05) is 11.3 Å². The number of thiophene rings is 1. The summed E-state index contributed by atoms with van der Waals surface area (Å²) in [6, 6.07) is 3.32. The minimum absolute atomic E-state index is 0.0620. The number of hydrogen-bond acceptors (Lipinski definition) is 7. The van der Waals surface area contributed by atoms with Crippen LogP contribution in [-0.2, 0) is 0 Å². The Morgan fingerprint density at radius 1 is 1.20 bits per heavy atom. The van der Waals surface area contributed by atoms with E-state index in [-0.39, 0.29) is 15.5 Å². The summed E-state index contributed by atoms with van der Waals surface area (Å²) in [5.41, 5.74) is -0.0620. The molecule has 4 bridgehead atoms. The van der Waals surface area contributed by atoms with Gasteiger partial charge in [0.05, 0.1) is 35.3 Å². The van der Waals surface area contributed by atoms with E-state index in [0.717, 1.165) is 44.5 Å². The molecule has 0 atom stereocenters. The fourth-order valence-corrected chi connectivity index (χ4v) is 4.21. The predicted molar refractivity (Wildman–Crippen MR) is 76.0 cm³/mol. The highest BCUT2D eigenvalue weighted by Crippen LogP contribution is 2.32. The summed E-state index contributed by atoms with van der Waals surface area (Å²) in [6.07, 6.45) is 1.81. The van der Waals surface area contributed by atoms with Crippen molar-refractivity contribution >= 4 is 22.6 Å². The first kappa shape index (κ1) is 12.4. The van der Waals surface area contributed by atoms with Crippen LogP contribution in [0.4, 0.5) is 5.00 Å². The van der Waals surface area contributed by atoms with Crippen LogP contribution in [0.15, 0.2) is 17.1 Å². The number of nitro groups is 1. The Hall–Kier alpha value is -1.35. The van der Waals surface area contributed by atoms with Crippen LogP contribution in [0.2, 0.25) is 0 Å². The third-order valence-electron chi connectivity index (χ3n) is 4.01. The third-order valence-corrected chi connectivity index (χ3v) is 4.98. The highest BCUT2D eigenvalue weighted by Gasteiger charge is 2.48. The zero-order valence-corrected chi connectivity index (χ0v) is 11.8. The third kappa shape index (κ3) is 2.05. The van der Waals surface area contributed by atoms with E-state index < -0.39 is 0 Å². The maximum atomic E-state index is 10.7. The molecule has 0 saturated carbocycles. The highest BCUT2D eigenvalue weighted by molar-refractivity contribution is 7.16. The molecule has 8 heteroatoms. The Morgan fingerprint density at radius 2 is 1.80 bits per heavy atom. The van der Waals surface area contributed by atoms with Gasteiger partial charge in [-0.3, -0.25) is 29.8 Å². The largest absolute Gasteiger partial charge is 0.324 e. The summed E-state index contributed by atoms with van der Waals surface area (Å²) >= 11 is 1.18. The van der Waals surface area contributed by atoms with Crippen molar-refractivity contribution < 1.29 is 4.92 Å². The van der Waals surface area contributed by atoms with Crippen molar-refractivity contribution in [2.45, 2.75) is 5.54 Å². The van der Waals surface area contributed by atoms with E-state index in [1.807, 2.05) is 6.21 Å². The van der Waals surface area contributed by atoms with Crippen molar-refractivity contribution in [3.05, 3.63) is 27.1 Å². The van der Waals surface area contributed by atoms with Gasteiger partial charge in [0, 0.05) is 31.9 Å². The van der Waals surface area contributed by atoms with E-state index in [4.69, 9.17) is 4.99 Å². The molecule has 7 nitrogen and oxygen atoms in total. The minimum Gasteiger partial charge on any atom is -0.281 e. The molecule has 4 aliphatic rings. The molecule has 106 valence electrons. The molecule has 0 spiro atoms. The molecule has 20 heavy (non-hydrogen) atoms. The second-order valence-corrected chi connectivity index (χ2v) is 6.92. The lowest BCUT2D eigenvalue weighted by Crippen LogP contribution is -2.75. The van der Waals surface area contributed by atoms with Crippen LogP contribution < -0.4 is 0 Å². The Labute approximate surface area is 120 Å². The molecule has 5 heterocycles. The zero-order chi connectivity index (χ0) is 13.7. The summed E-state index contributed by atoms with van der Waals surface area (Å²) in [5, 5.41) is 10.9. The lowest BCUT2D eigenvalue weighted by Gasteiger charge is -2.59. The standard InChI is InChI=1S/C12H15N5O2S/c18-17(19)11-2-1-10(20-11)3-13-12-4-14-7-15(5-12)9-16(6-12)8-14/h1-3H,4-9H2/b13-3+. The molecular formula is C12H15N5O2S. The summed E-state index contributed by atoms with van der Waals surface area (Å²) in [4.78, 5) is 23.2. The first-order valence-corrected chi connectivity index (χ1v) is 7.40. The topological polar surface area (TPSA) is 65.2 Å². The summed E-state index contributed by atoms with van der Waals surface area (Å²) in [6.45, 7) is 6.09. The van der Waals surface area contributed by atoms with Crippen molar-refractivity contribution in [1.82, 2.24) is 14.7 Å². The molecule has 0 unspecified atom stereocenters. The second kappa shape index (κ2) is 4.32. The van der Waals surface area contributed by atoms with Gasteiger partial charge in [0.1, 0.15) is 0 Å². The highest BCUT2D eigenvalue weighted by atomic mass is 32.1. The van der Waals surface area contributed by atoms with E-state index >= 15 is 0 Å². The monoisotopic (exact) mass is 293 g/mol. The summed E-state index contributed by atoms with van der Waals surface area (Å²) in [5.74, 6) is 0. The van der Waals surface area contributed by atoms with Gasteiger partial charge < -0.3 is 0 Å². The molecule has 1 aromatic rings. The number of aliphatic imine (C=N–C) groups is 1. The molecule has 0 radical (unpaired) electrons. The normalized spacial score (nSPS) is 38.7. The van der Waals surface area contributed by atoms with Crippen LogP contribution in [0.5, 0.6) is 0 Å². The average molecular weight is 293 g/mol. The molecule has 0 aromatic carbocycles. The van der Waals surface area contributed by atoms with Crippen LogP contribution in [0.1, 0.15) is 4.88 Å². The summed E-state index contributed by atoms with van der Waals surface area (Å²) < 4.78 is 0. The predicted octanol–water partition coefficient (Wildman–Crippen LogP) is 0.633. The first-order valence-electron chi connectivity index (χ1n) is 6.58. The number of nitrogens with zero attached hydrogens (tertiary/aromatic N) is 5. The van der Waals surface area contributed by atoms with Gasteiger partial charge in [0.25, 0.3) is 0 Å². The quantitative estimate of drug-likeness (QED) is 0.465. The molecule has 4 fully saturated rings. The lowest BCUT2D eigenvalue weighted by molar-refractivity contribution is -0.380. The van der Waals surface area contributed by atoms with Crippen molar-refractivity contribution in [2.24, 2.45) is 4.99 Å². The van der Waals surface area contributed by atoms with Gasteiger partial charge in [-0.2, -0.15) is 0 Å². The molecule has 4 saturated heterocycles. The lowest BCUT2D eigenvalue weighted by atomic mass is 9.92. The molecule has 0 N–H and O–H groups in total. The molecule has 0 aliphatic carbocycles. The van der Waals surface area contributed by atoms with Gasteiger partial charge in [-0.25, -0.2) is 0 Å². The maximum Gasteiger partial charge on any atom is 0.324 e. The van der Waals surface area contributed by atoms with Crippen molar-refractivity contribution in [1.29, 1.82) is 0 Å². The second-order valence-electron chi connectivity index (χ2n) is 5.83. The van der Waals surface area contributed by atoms with Crippen molar-refractivity contribution in [3.63, 3.8) is 0 Å². The van der Waals surface area contributed by atoms with Gasteiger partial charge in [-0.15, -0.1) is 0 Å². The van der Waals surface area contributed by atoms with Crippen LogP contribution in [-0.4, -0.2) is 71.0 Å². The average Bonchev–Trinajstić information content (AvgIpc) is 2.84. The number of rotatable bonds is 3. The van der Waals surface area contributed by atoms with E-state index in [0.29, 0.717) is 0 Å². The minimum atomic E-state index is -0.351. The van der Waals surface area contributed by atoms with Gasteiger partial charge >= 0.3 is 5.00 Å². The first-order chi connectivity index (χ1) is 9.62. The molecule has 4 aliphatic heterocycles. The van der Waals surface area contributed by atoms with E-state index in [2.05, 4.69) is 14.7 Å². The van der Waals surface area contributed by atoms with Crippen LogP contribution >= 0.6 is 11.3 Å². The smallest absolute Gasteiger partial charge is 0.281 e. The van der Waals surface area contributed by atoms with Crippen LogP contribution in [0.3, 0.4) is 0 Å². The Bertz CT molecular complexity index is 549. The molecule has 5 rings (SSSR count). The van der Waals surface area contributed by atoms with E-state index in [1.165, 1.54) is 11.3 Å². The van der Waals surface area contributed by atoms with Crippen LogP contribution in [0, 0.1) is 10.1 Å². The van der Waals surface area contributed by atoms with Crippen LogP contribution in [0.25, 0.3) is 0 Å². The molecule has 0 amide bonds. The molecular weight excluding hydrogens is 278 g/mol. The van der Waals surface area contributed by atoms with Crippen molar-refractivity contribution in [3.8, 4) is 0 Å². The Kier molecular flexibility index (Phi) is 2.68. The van der Waals surface area contributed by atoms with Crippen molar-refractivity contribution in [2.75, 3.05) is 39.6 Å².